The molecule has 0 unspecified atom stereocenters. The molecule has 0 amide bonds. The van der Waals surface area contributed by atoms with Gasteiger partial charge < -0.3 is 15.2 Å². The normalized spacial score (nSPS) is 11.3. The van der Waals surface area contributed by atoms with Crippen molar-refractivity contribution in [3.05, 3.63) is 70.7 Å². The summed E-state index contributed by atoms with van der Waals surface area (Å²) in [5, 5.41) is 17.8. The Hall–Kier alpha value is -3.15. The number of carbonyl (C=O) groups excluding carboxylic acids is 2. The molecule has 0 radical (unpaired) electrons. The number of aliphatic carboxylic acids is 1. The molecule has 1 aromatic carbocycles. The number of hydrogen-bond donors (Lipinski definition) is 3. The van der Waals surface area contributed by atoms with Gasteiger partial charge in [0.2, 0.25) is 5.76 Å². The fraction of sp³-hybridized carbons (Fsp3) is 0.118. The second-order valence-corrected chi connectivity index (χ2v) is 5.00. The molecule has 0 saturated heterocycles. The zero-order valence-corrected chi connectivity index (χ0v) is 12.4. The van der Waals surface area contributed by atoms with E-state index in [1.807, 2.05) is 0 Å². The molecule has 0 aliphatic carbocycles. The Morgan fingerprint density at radius 2 is 1.74 bits per heavy atom. The van der Waals surface area contributed by atoms with E-state index in [1.54, 1.807) is 30.5 Å². The van der Waals surface area contributed by atoms with Gasteiger partial charge in [-0.1, -0.05) is 24.3 Å². The van der Waals surface area contributed by atoms with Gasteiger partial charge in [-0.25, -0.2) is 4.79 Å². The summed E-state index contributed by atoms with van der Waals surface area (Å²) in [5.41, 5.74) is 2.37. The van der Waals surface area contributed by atoms with Gasteiger partial charge in [0.25, 0.3) is 0 Å². The largest absolute Gasteiger partial charge is 0.502 e. The summed E-state index contributed by atoms with van der Waals surface area (Å²) in [4.78, 5) is 36.7. The SMILES string of the molecule is CC(=O)c1ccc(Cc2[nH]ccc2C(=O)C=C(O)C(=O)O)cc1. The van der Waals surface area contributed by atoms with E-state index < -0.39 is 17.5 Å². The van der Waals surface area contributed by atoms with Crippen molar-refractivity contribution < 1.29 is 24.6 Å². The molecule has 6 nitrogen and oxygen atoms in total. The van der Waals surface area contributed by atoms with Crippen molar-refractivity contribution in [1.29, 1.82) is 0 Å². The summed E-state index contributed by atoms with van der Waals surface area (Å²) >= 11 is 0. The number of Topliss-reactive ketones (excluding diaryl/α,β-unsaturated/α-hetero) is 1. The number of carboxylic acid groups (broad SMARTS) is 1. The van der Waals surface area contributed by atoms with Crippen LogP contribution in [-0.2, 0) is 11.2 Å². The highest BCUT2D eigenvalue weighted by Gasteiger charge is 2.14. The second kappa shape index (κ2) is 6.74. The Morgan fingerprint density at radius 3 is 2.30 bits per heavy atom. The number of aromatic nitrogens is 1. The van der Waals surface area contributed by atoms with Gasteiger partial charge in [0.1, 0.15) is 0 Å². The highest BCUT2D eigenvalue weighted by molar-refractivity contribution is 6.08. The van der Waals surface area contributed by atoms with Gasteiger partial charge in [-0.15, -0.1) is 0 Å². The van der Waals surface area contributed by atoms with Gasteiger partial charge in [-0.3, -0.25) is 9.59 Å². The third-order valence-corrected chi connectivity index (χ3v) is 3.33. The van der Waals surface area contributed by atoms with Crippen molar-refractivity contribution in [2.45, 2.75) is 13.3 Å². The number of hydrogen-bond acceptors (Lipinski definition) is 4. The molecule has 6 heteroatoms. The van der Waals surface area contributed by atoms with Crippen LogP contribution in [0.2, 0.25) is 0 Å². The minimum absolute atomic E-state index is 0.0263. The molecule has 0 spiro atoms. The summed E-state index contributed by atoms with van der Waals surface area (Å²) in [6.07, 6.45) is 2.65. The van der Waals surface area contributed by atoms with Crippen LogP contribution in [0.15, 0.2) is 48.4 Å². The molecular formula is C17H15NO5. The van der Waals surface area contributed by atoms with Gasteiger partial charge >= 0.3 is 5.97 Å². The summed E-state index contributed by atoms with van der Waals surface area (Å²) < 4.78 is 0. The first-order chi connectivity index (χ1) is 10.9. The van der Waals surface area contributed by atoms with Crippen LogP contribution < -0.4 is 0 Å². The Balaban J connectivity index is 2.21. The maximum Gasteiger partial charge on any atom is 0.371 e. The molecular weight excluding hydrogens is 298 g/mol. The maximum absolute atomic E-state index is 12.0. The standard InChI is InChI=1S/C17H15NO5/c1-10(19)12-4-2-11(3-5-12)8-14-13(6-7-18-14)15(20)9-16(21)17(22)23/h2-7,9,18,21H,8H2,1H3,(H,22,23). The monoisotopic (exact) mass is 313 g/mol. The highest BCUT2D eigenvalue weighted by Crippen LogP contribution is 2.15. The van der Waals surface area contributed by atoms with Gasteiger partial charge in [0.05, 0.1) is 0 Å². The van der Waals surface area contributed by atoms with Crippen LogP contribution in [0, 0.1) is 0 Å². The maximum atomic E-state index is 12.0. The van der Waals surface area contributed by atoms with E-state index in [4.69, 9.17) is 10.2 Å². The molecule has 1 heterocycles. The topological polar surface area (TPSA) is 107 Å². The number of benzene rings is 1. The van der Waals surface area contributed by atoms with E-state index in [1.165, 1.54) is 13.0 Å². The van der Waals surface area contributed by atoms with Gasteiger partial charge in [-0.2, -0.15) is 0 Å². The van der Waals surface area contributed by atoms with Crippen molar-refractivity contribution in [3.63, 3.8) is 0 Å². The predicted octanol–water partition coefficient (Wildman–Crippen LogP) is 2.52. The van der Waals surface area contributed by atoms with Crippen molar-refractivity contribution in [3.8, 4) is 0 Å². The molecule has 2 aromatic rings. The summed E-state index contributed by atoms with van der Waals surface area (Å²) in [6.45, 7) is 1.48. The number of aliphatic hydroxyl groups is 1. The Labute approximate surface area is 132 Å². The number of ketones is 2. The zero-order chi connectivity index (χ0) is 17.0. The summed E-state index contributed by atoms with van der Waals surface area (Å²) in [5.74, 6) is -3.19. The Bertz CT molecular complexity index is 784. The molecule has 118 valence electrons. The number of carbonyl (C=O) groups is 3. The van der Waals surface area contributed by atoms with Gasteiger partial charge in [0.15, 0.2) is 11.6 Å². The number of allylic oxidation sites excluding steroid dienone is 1. The van der Waals surface area contributed by atoms with Crippen LogP contribution in [0.1, 0.15) is 38.9 Å². The summed E-state index contributed by atoms with van der Waals surface area (Å²) in [6, 6.07) is 8.51. The predicted molar refractivity (Wildman–Crippen MR) is 82.7 cm³/mol. The number of H-pyrrole nitrogens is 1. The van der Waals surface area contributed by atoms with Crippen LogP contribution in [0.25, 0.3) is 0 Å². The smallest absolute Gasteiger partial charge is 0.371 e. The lowest BCUT2D eigenvalue weighted by molar-refractivity contribution is -0.135. The fourth-order valence-corrected chi connectivity index (χ4v) is 2.11. The molecule has 0 saturated carbocycles. The third-order valence-electron chi connectivity index (χ3n) is 3.33. The number of rotatable bonds is 6. The quantitative estimate of drug-likeness (QED) is 0.431. The molecule has 0 fully saturated rings. The highest BCUT2D eigenvalue weighted by atomic mass is 16.4. The molecule has 0 atom stereocenters. The average molecular weight is 313 g/mol. The minimum Gasteiger partial charge on any atom is -0.502 e. The lowest BCUT2D eigenvalue weighted by atomic mass is 10.0. The van der Waals surface area contributed by atoms with Crippen LogP contribution in [-0.4, -0.2) is 32.7 Å². The molecule has 3 N–H and O–H groups in total. The third kappa shape index (κ3) is 3.94. The summed E-state index contributed by atoms with van der Waals surface area (Å²) in [7, 11) is 0. The van der Waals surface area contributed by atoms with E-state index in [2.05, 4.69) is 4.98 Å². The molecule has 1 aromatic heterocycles. The van der Waals surface area contributed by atoms with Crippen molar-refractivity contribution in [2.24, 2.45) is 0 Å². The fourth-order valence-electron chi connectivity index (χ4n) is 2.11. The van der Waals surface area contributed by atoms with Crippen LogP contribution in [0.3, 0.4) is 0 Å². The van der Waals surface area contributed by atoms with E-state index in [0.717, 1.165) is 5.56 Å². The molecule has 0 bridgehead atoms. The Kier molecular flexibility index (Phi) is 4.75. The number of aliphatic hydroxyl groups excluding tert-OH is 1. The minimum atomic E-state index is -1.56. The van der Waals surface area contributed by atoms with E-state index in [0.29, 0.717) is 23.8 Å². The van der Waals surface area contributed by atoms with Crippen molar-refractivity contribution in [1.82, 2.24) is 4.98 Å². The van der Waals surface area contributed by atoms with Crippen molar-refractivity contribution >= 4 is 17.5 Å². The number of aromatic amines is 1. The lowest BCUT2D eigenvalue weighted by Crippen LogP contribution is -2.05. The first kappa shape index (κ1) is 16.2. The van der Waals surface area contributed by atoms with Crippen LogP contribution >= 0.6 is 0 Å². The van der Waals surface area contributed by atoms with E-state index in [9.17, 15) is 14.4 Å². The van der Waals surface area contributed by atoms with Gasteiger partial charge in [0, 0.05) is 35.5 Å². The lowest BCUT2D eigenvalue weighted by Gasteiger charge is -2.04. The first-order valence-electron chi connectivity index (χ1n) is 6.83. The van der Waals surface area contributed by atoms with Crippen LogP contribution in [0.5, 0.6) is 0 Å². The first-order valence-corrected chi connectivity index (χ1v) is 6.83. The molecule has 23 heavy (non-hydrogen) atoms. The van der Waals surface area contributed by atoms with E-state index in [-0.39, 0.29) is 11.3 Å². The molecule has 0 aliphatic rings. The van der Waals surface area contributed by atoms with E-state index >= 15 is 0 Å². The zero-order valence-electron chi connectivity index (χ0n) is 12.4. The van der Waals surface area contributed by atoms with Gasteiger partial charge in [-0.05, 0) is 18.6 Å². The van der Waals surface area contributed by atoms with Crippen LogP contribution in [0.4, 0.5) is 0 Å². The average Bonchev–Trinajstić information content (AvgIpc) is 2.95. The second-order valence-electron chi connectivity index (χ2n) is 5.00. The molecule has 0 aliphatic heterocycles. The number of nitrogens with one attached hydrogen (secondary N) is 1. The van der Waals surface area contributed by atoms with Crippen molar-refractivity contribution in [2.75, 3.05) is 0 Å². The molecule has 2 rings (SSSR count). The Morgan fingerprint density at radius 1 is 1.09 bits per heavy atom. The number of carboxylic acids is 1.